The number of nitrogens with zero attached hydrogens (tertiary/aromatic N) is 1. The fraction of sp³-hybridized carbons (Fsp3) is 0.643. The summed E-state index contributed by atoms with van der Waals surface area (Å²) in [4.78, 5) is 12.1. The van der Waals surface area contributed by atoms with Gasteiger partial charge >= 0.3 is 0 Å². The number of hydrogen-bond acceptors (Lipinski definition) is 1. The number of aryl methyl sites for hydroxylation is 1. The number of hydrogen-bond donors (Lipinski definition) is 0. The van der Waals surface area contributed by atoms with E-state index in [0.717, 1.165) is 12.0 Å². The zero-order valence-electron chi connectivity index (χ0n) is 11.3. The van der Waals surface area contributed by atoms with Gasteiger partial charge in [0.15, 0.2) is 5.78 Å². The molecular formula is C14H23NO. The number of Topliss-reactive ketones (excluding diaryl/α,β-unsaturated/α-hetero) is 1. The van der Waals surface area contributed by atoms with Crippen molar-refractivity contribution in [2.24, 2.45) is 13.0 Å². The molecule has 0 N–H and O–H groups in total. The number of carbonyl (C=O) groups is 1. The van der Waals surface area contributed by atoms with Crippen LogP contribution in [0, 0.1) is 5.92 Å². The molecule has 0 aliphatic heterocycles. The first-order chi connectivity index (χ1) is 7.29. The van der Waals surface area contributed by atoms with Gasteiger partial charge in [-0.15, -0.1) is 0 Å². The molecule has 0 unspecified atom stereocenters. The maximum Gasteiger partial charge on any atom is 0.167 e. The van der Waals surface area contributed by atoms with Crippen LogP contribution in [0.25, 0.3) is 0 Å². The molecule has 0 radical (unpaired) electrons. The third-order valence-electron chi connectivity index (χ3n) is 3.36. The second kappa shape index (κ2) is 4.44. The molecule has 0 aliphatic rings. The first-order valence-electron chi connectivity index (χ1n) is 6.00. The summed E-state index contributed by atoms with van der Waals surface area (Å²) in [6.07, 6.45) is 5.07. The highest BCUT2D eigenvalue weighted by molar-refractivity contribution is 5.99. The third-order valence-corrected chi connectivity index (χ3v) is 3.36. The molecule has 0 atom stereocenters. The van der Waals surface area contributed by atoms with Gasteiger partial charge in [0.1, 0.15) is 0 Å². The molecule has 2 nitrogen and oxygen atoms in total. The summed E-state index contributed by atoms with van der Waals surface area (Å²) in [6.45, 7) is 10.5. The predicted molar refractivity (Wildman–Crippen MR) is 67.9 cm³/mol. The maximum atomic E-state index is 12.1. The molecule has 0 spiro atoms. The van der Waals surface area contributed by atoms with Crippen molar-refractivity contribution in [1.29, 1.82) is 0 Å². The lowest BCUT2D eigenvalue weighted by Gasteiger charge is -2.23. The largest absolute Gasteiger partial charge is 0.356 e. The van der Waals surface area contributed by atoms with E-state index >= 15 is 0 Å². The van der Waals surface area contributed by atoms with Crippen LogP contribution in [-0.4, -0.2) is 10.4 Å². The molecule has 1 heterocycles. The van der Waals surface area contributed by atoms with Crippen LogP contribution < -0.4 is 0 Å². The highest BCUT2D eigenvalue weighted by atomic mass is 16.1. The van der Waals surface area contributed by atoms with Crippen LogP contribution in [0.4, 0.5) is 0 Å². The first-order valence-corrected chi connectivity index (χ1v) is 6.00. The van der Waals surface area contributed by atoms with Gasteiger partial charge in [0.25, 0.3) is 0 Å². The quantitative estimate of drug-likeness (QED) is 0.713. The van der Waals surface area contributed by atoms with E-state index in [1.807, 2.05) is 31.7 Å². The van der Waals surface area contributed by atoms with Gasteiger partial charge in [0.05, 0.1) is 0 Å². The smallest absolute Gasteiger partial charge is 0.167 e. The molecule has 0 aromatic carbocycles. The van der Waals surface area contributed by atoms with Crippen molar-refractivity contribution in [2.75, 3.05) is 0 Å². The van der Waals surface area contributed by atoms with Crippen molar-refractivity contribution in [1.82, 2.24) is 4.57 Å². The molecule has 2 heteroatoms. The van der Waals surface area contributed by atoms with E-state index in [1.54, 1.807) is 0 Å². The second-order valence-corrected chi connectivity index (χ2v) is 5.51. The lowest BCUT2D eigenvalue weighted by Crippen LogP contribution is -2.20. The molecule has 90 valence electrons. The van der Waals surface area contributed by atoms with Crippen LogP contribution in [0.5, 0.6) is 0 Å². The first kappa shape index (κ1) is 13.0. The van der Waals surface area contributed by atoms with E-state index in [0.29, 0.717) is 0 Å². The van der Waals surface area contributed by atoms with Crippen LogP contribution in [0.2, 0.25) is 0 Å². The molecular weight excluding hydrogens is 198 g/mol. The summed E-state index contributed by atoms with van der Waals surface area (Å²) < 4.78 is 1.99. The Bertz CT molecular complexity index is 385. The molecule has 1 aromatic rings. The van der Waals surface area contributed by atoms with Crippen LogP contribution in [0.1, 0.15) is 57.0 Å². The SMILES string of the molecule is CCC(C)(C)c1cn(C)cc1C(=O)C(C)C. The Kier molecular flexibility index (Phi) is 3.61. The monoisotopic (exact) mass is 221 g/mol. The van der Waals surface area contributed by atoms with E-state index in [4.69, 9.17) is 0 Å². The van der Waals surface area contributed by atoms with Crippen molar-refractivity contribution >= 4 is 5.78 Å². The molecule has 1 rings (SSSR count). The van der Waals surface area contributed by atoms with Crippen molar-refractivity contribution < 1.29 is 4.79 Å². The number of ketones is 1. The molecule has 16 heavy (non-hydrogen) atoms. The van der Waals surface area contributed by atoms with E-state index < -0.39 is 0 Å². The van der Waals surface area contributed by atoms with Gasteiger partial charge in [-0.25, -0.2) is 0 Å². The number of carbonyl (C=O) groups excluding carboxylic acids is 1. The highest BCUT2D eigenvalue weighted by Crippen LogP contribution is 2.31. The fourth-order valence-corrected chi connectivity index (χ4v) is 1.82. The Hall–Kier alpha value is -1.05. The van der Waals surface area contributed by atoms with Gasteiger partial charge in [-0.2, -0.15) is 0 Å². The van der Waals surface area contributed by atoms with Gasteiger partial charge in [-0.3, -0.25) is 4.79 Å². The van der Waals surface area contributed by atoms with E-state index in [9.17, 15) is 4.79 Å². The van der Waals surface area contributed by atoms with Gasteiger partial charge < -0.3 is 4.57 Å². The Labute approximate surface area is 98.7 Å². The molecule has 1 aromatic heterocycles. The Morgan fingerprint density at radius 1 is 1.38 bits per heavy atom. The van der Waals surface area contributed by atoms with Crippen LogP contribution >= 0.6 is 0 Å². The minimum Gasteiger partial charge on any atom is -0.356 e. The van der Waals surface area contributed by atoms with E-state index in [-0.39, 0.29) is 17.1 Å². The van der Waals surface area contributed by atoms with Crippen molar-refractivity contribution in [3.63, 3.8) is 0 Å². The number of aromatic nitrogens is 1. The van der Waals surface area contributed by atoms with Gasteiger partial charge in [-0.05, 0) is 17.4 Å². The second-order valence-electron chi connectivity index (χ2n) is 5.51. The third kappa shape index (κ3) is 2.37. The molecule has 0 bridgehead atoms. The summed E-state index contributed by atoms with van der Waals surface area (Å²) >= 11 is 0. The Balaban J connectivity index is 3.25. The average Bonchev–Trinajstić information content (AvgIpc) is 2.59. The molecule has 0 saturated heterocycles. The molecule has 0 aliphatic carbocycles. The van der Waals surface area contributed by atoms with Gasteiger partial charge in [0, 0.05) is 30.9 Å². The Morgan fingerprint density at radius 2 is 1.94 bits per heavy atom. The van der Waals surface area contributed by atoms with Crippen molar-refractivity contribution in [3.05, 3.63) is 23.5 Å². The standard InChI is InChI=1S/C14H23NO/c1-7-14(4,5)12-9-15(6)8-11(12)13(16)10(2)3/h8-10H,7H2,1-6H3. The topological polar surface area (TPSA) is 22.0 Å². The Morgan fingerprint density at radius 3 is 2.38 bits per heavy atom. The minimum atomic E-state index is 0.0637. The summed E-state index contributed by atoms with van der Waals surface area (Å²) in [5, 5.41) is 0. The van der Waals surface area contributed by atoms with E-state index in [2.05, 4.69) is 27.0 Å². The normalized spacial score (nSPS) is 12.2. The lowest BCUT2D eigenvalue weighted by molar-refractivity contribution is 0.0937. The van der Waals surface area contributed by atoms with Gasteiger partial charge in [0.2, 0.25) is 0 Å². The maximum absolute atomic E-state index is 12.1. The van der Waals surface area contributed by atoms with Crippen LogP contribution in [0.3, 0.4) is 0 Å². The van der Waals surface area contributed by atoms with Crippen LogP contribution in [-0.2, 0) is 12.5 Å². The molecule has 0 amide bonds. The summed E-state index contributed by atoms with van der Waals surface area (Å²) in [5.74, 6) is 0.311. The minimum absolute atomic E-state index is 0.0637. The summed E-state index contributed by atoms with van der Waals surface area (Å²) in [6, 6.07) is 0. The van der Waals surface area contributed by atoms with Gasteiger partial charge in [-0.1, -0.05) is 34.6 Å². The van der Waals surface area contributed by atoms with Crippen molar-refractivity contribution in [3.8, 4) is 0 Å². The molecule has 0 fully saturated rings. The highest BCUT2D eigenvalue weighted by Gasteiger charge is 2.26. The zero-order valence-corrected chi connectivity index (χ0v) is 11.3. The van der Waals surface area contributed by atoms with Crippen molar-refractivity contribution in [2.45, 2.75) is 46.5 Å². The lowest BCUT2D eigenvalue weighted by atomic mass is 9.80. The number of rotatable bonds is 4. The summed E-state index contributed by atoms with van der Waals surface area (Å²) in [5.41, 5.74) is 2.14. The van der Waals surface area contributed by atoms with E-state index in [1.165, 1.54) is 5.56 Å². The molecule has 0 saturated carbocycles. The average molecular weight is 221 g/mol. The predicted octanol–water partition coefficient (Wildman–Crippen LogP) is 3.55. The van der Waals surface area contributed by atoms with Crippen LogP contribution in [0.15, 0.2) is 12.4 Å². The fourth-order valence-electron chi connectivity index (χ4n) is 1.82. The summed E-state index contributed by atoms with van der Waals surface area (Å²) in [7, 11) is 1.98. The zero-order chi connectivity index (χ0) is 12.5.